The molecule has 6 nitrogen and oxygen atoms in total. The third kappa shape index (κ3) is 3.48. The second kappa shape index (κ2) is 7.29. The van der Waals surface area contributed by atoms with Crippen LogP contribution in [0.15, 0.2) is 36.5 Å². The standard InChI is InChI=1S/C18H21N3O3/c1-2-24-18(23)20-14-7-5-11-21(12-14)17(22)16-15-8-4-3-6-13(15)9-10-19-16/h3-4,6,8-10,14H,2,5,7,11-12H2,1H3,(H,20,23)/t14-/m0/s1. The van der Waals surface area contributed by atoms with Gasteiger partial charge in [0.25, 0.3) is 5.91 Å². The third-order valence-electron chi connectivity index (χ3n) is 4.18. The Bertz CT molecular complexity index is 742. The quantitative estimate of drug-likeness (QED) is 0.940. The van der Waals surface area contributed by atoms with Gasteiger partial charge in [0.1, 0.15) is 5.69 Å². The van der Waals surface area contributed by atoms with Crippen molar-refractivity contribution >= 4 is 22.8 Å². The minimum atomic E-state index is -0.430. The SMILES string of the molecule is CCOC(=O)N[C@H]1CCCN(C(=O)c2nccc3ccccc23)C1. The maximum absolute atomic E-state index is 12.9. The maximum atomic E-state index is 12.9. The minimum absolute atomic E-state index is 0.0864. The molecule has 3 rings (SSSR count). The normalized spacial score (nSPS) is 17.5. The van der Waals surface area contributed by atoms with Gasteiger partial charge in [-0.05, 0) is 31.2 Å². The Labute approximate surface area is 140 Å². The zero-order chi connectivity index (χ0) is 16.9. The van der Waals surface area contributed by atoms with Gasteiger partial charge in [-0.1, -0.05) is 24.3 Å². The zero-order valence-electron chi connectivity index (χ0n) is 13.7. The molecule has 0 spiro atoms. The van der Waals surface area contributed by atoms with Crippen LogP contribution in [0.25, 0.3) is 10.8 Å². The van der Waals surface area contributed by atoms with Crippen LogP contribution >= 0.6 is 0 Å². The molecule has 1 fully saturated rings. The summed E-state index contributed by atoms with van der Waals surface area (Å²) in [5, 5.41) is 4.66. The monoisotopic (exact) mass is 327 g/mol. The van der Waals surface area contributed by atoms with E-state index in [9.17, 15) is 9.59 Å². The Morgan fingerprint density at radius 2 is 2.17 bits per heavy atom. The van der Waals surface area contributed by atoms with Crippen LogP contribution in [0.4, 0.5) is 4.79 Å². The predicted octanol–water partition coefficient (Wildman–Crippen LogP) is 2.59. The molecule has 0 unspecified atom stereocenters. The van der Waals surface area contributed by atoms with Gasteiger partial charge in [0.2, 0.25) is 0 Å². The van der Waals surface area contributed by atoms with Crippen molar-refractivity contribution in [2.75, 3.05) is 19.7 Å². The van der Waals surface area contributed by atoms with Crippen LogP contribution in [0.5, 0.6) is 0 Å². The number of rotatable bonds is 3. The van der Waals surface area contributed by atoms with Gasteiger partial charge in [0.05, 0.1) is 6.61 Å². The molecular weight excluding hydrogens is 306 g/mol. The van der Waals surface area contributed by atoms with E-state index < -0.39 is 6.09 Å². The van der Waals surface area contributed by atoms with Crippen LogP contribution in [0.3, 0.4) is 0 Å². The fourth-order valence-electron chi connectivity index (χ4n) is 3.06. The maximum Gasteiger partial charge on any atom is 0.407 e. The van der Waals surface area contributed by atoms with Gasteiger partial charge < -0.3 is 15.0 Å². The molecule has 1 saturated heterocycles. The number of ether oxygens (including phenoxy) is 1. The summed E-state index contributed by atoms with van der Waals surface area (Å²) >= 11 is 0. The summed E-state index contributed by atoms with van der Waals surface area (Å²) in [6, 6.07) is 9.53. The number of alkyl carbamates (subject to hydrolysis) is 1. The zero-order valence-corrected chi connectivity index (χ0v) is 13.7. The number of pyridine rings is 1. The highest BCUT2D eigenvalue weighted by molar-refractivity contribution is 6.05. The molecule has 2 heterocycles. The van der Waals surface area contributed by atoms with E-state index in [0.29, 0.717) is 25.4 Å². The summed E-state index contributed by atoms with van der Waals surface area (Å²) in [6.07, 6.45) is 2.91. The molecule has 1 aliphatic heterocycles. The molecule has 0 radical (unpaired) electrons. The van der Waals surface area contributed by atoms with Crippen LogP contribution in [0.1, 0.15) is 30.3 Å². The average molecular weight is 327 g/mol. The van der Waals surface area contributed by atoms with E-state index in [1.807, 2.05) is 30.3 Å². The van der Waals surface area contributed by atoms with Gasteiger partial charge in [-0.15, -0.1) is 0 Å². The summed E-state index contributed by atoms with van der Waals surface area (Å²) in [6.45, 7) is 3.25. The van der Waals surface area contributed by atoms with Gasteiger partial charge in [-0.25, -0.2) is 4.79 Å². The fourth-order valence-corrected chi connectivity index (χ4v) is 3.06. The number of carbonyl (C=O) groups excluding carboxylic acids is 2. The number of amides is 2. The second-order valence-electron chi connectivity index (χ2n) is 5.84. The molecule has 6 heteroatoms. The largest absolute Gasteiger partial charge is 0.450 e. The van der Waals surface area contributed by atoms with Crippen molar-refractivity contribution < 1.29 is 14.3 Å². The van der Waals surface area contributed by atoms with E-state index in [4.69, 9.17) is 4.74 Å². The number of nitrogens with one attached hydrogen (secondary N) is 1. The smallest absolute Gasteiger partial charge is 0.407 e. The topological polar surface area (TPSA) is 71.5 Å². The van der Waals surface area contributed by atoms with Crippen LogP contribution in [-0.2, 0) is 4.74 Å². The average Bonchev–Trinajstić information content (AvgIpc) is 2.61. The van der Waals surface area contributed by atoms with Crippen LogP contribution < -0.4 is 5.32 Å². The number of nitrogens with zero attached hydrogens (tertiary/aromatic N) is 2. The molecule has 1 atom stereocenters. The highest BCUT2D eigenvalue weighted by Crippen LogP contribution is 2.20. The van der Waals surface area contributed by atoms with Gasteiger partial charge in [0, 0.05) is 30.7 Å². The van der Waals surface area contributed by atoms with E-state index >= 15 is 0 Å². The van der Waals surface area contributed by atoms with E-state index in [0.717, 1.165) is 23.6 Å². The molecule has 2 aromatic rings. The number of piperidine rings is 1. The predicted molar refractivity (Wildman–Crippen MR) is 90.8 cm³/mol. The highest BCUT2D eigenvalue weighted by Gasteiger charge is 2.27. The molecular formula is C18H21N3O3. The molecule has 1 aliphatic rings. The fraction of sp³-hybridized carbons (Fsp3) is 0.389. The van der Waals surface area contributed by atoms with Crippen molar-refractivity contribution in [1.29, 1.82) is 0 Å². The third-order valence-corrected chi connectivity index (χ3v) is 4.18. The summed E-state index contributed by atoms with van der Waals surface area (Å²) in [5.74, 6) is -0.0952. The summed E-state index contributed by atoms with van der Waals surface area (Å²) in [4.78, 5) is 30.5. The van der Waals surface area contributed by atoms with E-state index in [1.54, 1.807) is 18.0 Å². The molecule has 24 heavy (non-hydrogen) atoms. The van der Waals surface area contributed by atoms with Gasteiger partial charge in [-0.2, -0.15) is 0 Å². The molecule has 126 valence electrons. The molecule has 1 aromatic heterocycles. The number of carbonyl (C=O) groups is 2. The molecule has 1 aromatic carbocycles. The number of hydrogen-bond donors (Lipinski definition) is 1. The molecule has 1 N–H and O–H groups in total. The molecule has 0 saturated carbocycles. The summed E-state index contributed by atoms with van der Waals surface area (Å²) < 4.78 is 4.92. The molecule has 2 amide bonds. The summed E-state index contributed by atoms with van der Waals surface area (Å²) in [5.41, 5.74) is 0.463. The number of benzene rings is 1. The number of hydrogen-bond acceptors (Lipinski definition) is 4. The second-order valence-corrected chi connectivity index (χ2v) is 5.84. The van der Waals surface area contributed by atoms with Crippen molar-refractivity contribution in [3.05, 3.63) is 42.2 Å². The first-order valence-electron chi connectivity index (χ1n) is 8.25. The first-order chi connectivity index (χ1) is 11.7. The van der Waals surface area contributed by atoms with Crippen LogP contribution in [0, 0.1) is 0 Å². The van der Waals surface area contributed by atoms with E-state index in [-0.39, 0.29) is 11.9 Å². The molecule has 0 bridgehead atoms. The van der Waals surface area contributed by atoms with Gasteiger partial charge >= 0.3 is 6.09 Å². The lowest BCUT2D eigenvalue weighted by atomic mass is 10.0. The lowest BCUT2D eigenvalue weighted by Crippen LogP contribution is -2.49. The van der Waals surface area contributed by atoms with Crippen LogP contribution in [-0.4, -0.2) is 47.6 Å². The lowest BCUT2D eigenvalue weighted by molar-refractivity contribution is 0.0682. The highest BCUT2D eigenvalue weighted by atomic mass is 16.5. The van der Waals surface area contributed by atoms with Crippen molar-refractivity contribution in [3.8, 4) is 0 Å². The molecule has 0 aliphatic carbocycles. The van der Waals surface area contributed by atoms with Gasteiger partial charge in [0.15, 0.2) is 0 Å². The Hall–Kier alpha value is -2.63. The van der Waals surface area contributed by atoms with Crippen molar-refractivity contribution in [3.63, 3.8) is 0 Å². The van der Waals surface area contributed by atoms with E-state index in [1.165, 1.54) is 0 Å². The Balaban J connectivity index is 1.75. The van der Waals surface area contributed by atoms with E-state index in [2.05, 4.69) is 10.3 Å². The first-order valence-corrected chi connectivity index (χ1v) is 8.25. The van der Waals surface area contributed by atoms with Crippen LogP contribution in [0.2, 0.25) is 0 Å². The van der Waals surface area contributed by atoms with Crippen molar-refractivity contribution in [2.45, 2.75) is 25.8 Å². The minimum Gasteiger partial charge on any atom is -0.450 e. The Morgan fingerprint density at radius 3 is 3.00 bits per heavy atom. The van der Waals surface area contributed by atoms with Crippen molar-refractivity contribution in [2.24, 2.45) is 0 Å². The number of likely N-dealkylation sites (tertiary alicyclic amines) is 1. The van der Waals surface area contributed by atoms with Gasteiger partial charge in [-0.3, -0.25) is 9.78 Å². The lowest BCUT2D eigenvalue weighted by Gasteiger charge is -2.32. The summed E-state index contributed by atoms with van der Waals surface area (Å²) in [7, 11) is 0. The Morgan fingerprint density at radius 1 is 1.33 bits per heavy atom. The first kappa shape index (κ1) is 16.2. The number of aromatic nitrogens is 1. The Kier molecular flexibility index (Phi) is 4.93. The van der Waals surface area contributed by atoms with Crippen molar-refractivity contribution in [1.82, 2.24) is 15.2 Å². The number of fused-ring (bicyclic) bond motifs is 1.